The zero-order valence-electron chi connectivity index (χ0n) is 23.0. The van der Waals surface area contributed by atoms with Gasteiger partial charge in [-0.3, -0.25) is 4.79 Å². The summed E-state index contributed by atoms with van der Waals surface area (Å²) >= 11 is 0. The maximum Gasteiger partial charge on any atom is 0.362 e. The van der Waals surface area contributed by atoms with E-state index in [9.17, 15) is 19.8 Å². The molecule has 0 heterocycles. The van der Waals surface area contributed by atoms with Crippen molar-refractivity contribution in [3.05, 3.63) is 0 Å². The van der Waals surface area contributed by atoms with E-state index in [0.717, 1.165) is 32.1 Å². The Kier molecular flexibility index (Phi) is 7.40. The number of carbonyl (C=O) groups excluding carboxylic acids is 1. The van der Waals surface area contributed by atoms with Gasteiger partial charge in [0.15, 0.2) is 6.54 Å². The number of rotatable bonds is 7. The second-order valence-corrected chi connectivity index (χ2v) is 14.2. The normalized spacial score (nSPS) is 44.0. The van der Waals surface area contributed by atoms with Crippen molar-refractivity contribution >= 4 is 11.9 Å². The first-order valence-electron chi connectivity index (χ1n) is 14.2. The molecule has 0 saturated heterocycles. The lowest BCUT2D eigenvalue weighted by atomic mass is 9.43. The van der Waals surface area contributed by atoms with Crippen molar-refractivity contribution in [2.45, 2.75) is 97.2 Å². The number of carbonyl (C=O) groups is 2. The topological polar surface area (TPSA) is 83.8 Å². The van der Waals surface area contributed by atoms with Crippen LogP contribution in [0.4, 0.5) is 0 Å². The number of quaternary nitrogens is 1. The van der Waals surface area contributed by atoms with Gasteiger partial charge in [0.05, 0.1) is 27.2 Å². The molecule has 6 nitrogen and oxygen atoms in total. The summed E-state index contributed by atoms with van der Waals surface area (Å²) < 4.78 is 6.53. The fourth-order valence-corrected chi connectivity index (χ4v) is 9.41. The average Bonchev–Trinajstić information content (AvgIpc) is 3.10. The molecule has 0 unspecified atom stereocenters. The van der Waals surface area contributed by atoms with Gasteiger partial charge in [0.1, 0.15) is 6.10 Å². The smallest absolute Gasteiger partial charge is 0.362 e. The van der Waals surface area contributed by atoms with Crippen molar-refractivity contribution in [3.63, 3.8) is 0 Å². The standard InChI is InChI=1S/C29H49NO5/c1-18(7-12-26(32)33)22-10-11-23-21-9-8-19-15-20(35-27(34)17-30(4,5)6)13-14-28(19,2)24(21)16-25(31)29(22,23)3/h18-25,31H,7-17H2,1-6H3/p+1/t18-,19-,20-,21+,22-,23+,24+,25+,28+,29-/m1/s1. The quantitative estimate of drug-likeness (QED) is 0.396. The van der Waals surface area contributed by atoms with Crippen LogP contribution in [0.25, 0.3) is 0 Å². The van der Waals surface area contributed by atoms with Crippen LogP contribution < -0.4 is 0 Å². The van der Waals surface area contributed by atoms with E-state index in [4.69, 9.17) is 4.74 Å². The molecule has 0 radical (unpaired) electrons. The third-order valence-corrected chi connectivity index (χ3v) is 11.2. The van der Waals surface area contributed by atoms with Crippen molar-refractivity contribution in [2.75, 3.05) is 27.7 Å². The number of hydrogen-bond donors (Lipinski definition) is 2. The van der Waals surface area contributed by atoms with E-state index in [0.29, 0.717) is 53.0 Å². The number of hydrogen-bond acceptors (Lipinski definition) is 4. The Hall–Kier alpha value is -1.14. The first-order valence-corrected chi connectivity index (χ1v) is 14.2. The Balaban J connectivity index is 1.45. The van der Waals surface area contributed by atoms with Crippen molar-refractivity contribution in [2.24, 2.45) is 46.3 Å². The molecule has 4 rings (SSSR count). The summed E-state index contributed by atoms with van der Waals surface area (Å²) in [5.41, 5.74) is 0.113. The van der Waals surface area contributed by atoms with Gasteiger partial charge in [-0.05, 0) is 104 Å². The van der Waals surface area contributed by atoms with Crippen molar-refractivity contribution < 1.29 is 29.0 Å². The number of esters is 1. The zero-order valence-corrected chi connectivity index (χ0v) is 23.0. The lowest BCUT2D eigenvalue weighted by Crippen LogP contribution is -2.59. The van der Waals surface area contributed by atoms with Crippen LogP contribution in [0.3, 0.4) is 0 Å². The van der Waals surface area contributed by atoms with Crippen LogP contribution in [0, 0.1) is 46.3 Å². The maximum absolute atomic E-state index is 12.5. The van der Waals surface area contributed by atoms with Gasteiger partial charge in [0, 0.05) is 6.42 Å². The second-order valence-electron chi connectivity index (χ2n) is 14.2. The maximum atomic E-state index is 12.5. The van der Waals surface area contributed by atoms with E-state index >= 15 is 0 Å². The predicted octanol–water partition coefficient (Wildman–Crippen LogP) is 4.74. The van der Waals surface area contributed by atoms with Gasteiger partial charge in [-0.15, -0.1) is 0 Å². The highest BCUT2D eigenvalue weighted by Crippen LogP contribution is 2.68. The number of nitrogens with zero attached hydrogens (tertiary/aromatic N) is 1. The molecule has 0 aromatic carbocycles. The summed E-state index contributed by atoms with van der Waals surface area (Å²) in [4.78, 5) is 23.6. The van der Waals surface area contributed by atoms with Crippen LogP contribution in [-0.2, 0) is 14.3 Å². The molecule has 4 saturated carbocycles. The third-order valence-electron chi connectivity index (χ3n) is 11.2. The predicted molar refractivity (Wildman–Crippen MR) is 135 cm³/mol. The van der Waals surface area contributed by atoms with Gasteiger partial charge in [0.2, 0.25) is 0 Å². The number of aliphatic carboxylic acids is 1. The monoisotopic (exact) mass is 492 g/mol. The number of likely N-dealkylation sites (N-methyl/N-ethyl adjacent to an activating group) is 1. The Morgan fingerprint density at radius 2 is 1.74 bits per heavy atom. The SMILES string of the molecule is C[C@H](CCC(=O)O)[C@H]1CC[C@H]2[C@@H]3CC[C@@H]4C[C@H](OC(=O)C[N+](C)(C)C)CC[C@]4(C)[C@H]3C[C@H](O)[C@]12C. The summed E-state index contributed by atoms with van der Waals surface area (Å²) in [5, 5.41) is 20.9. The molecule has 2 N–H and O–H groups in total. The molecule has 0 aliphatic heterocycles. The fraction of sp³-hybridized carbons (Fsp3) is 0.931. The Bertz CT molecular complexity index is 807. The molecule has 4 aliphatic carbocycles. The van der Waals surface area contributed by atoms with E-state index in [2.05, 4.69) is 20.8 Å². The lowest BCUT2D eigenvalue weighted by molar-refractivity contribution is -0.862. The average molecular weight is 493 g/mol. The molecule has 6 heteroatoms. The Labute approximate surface area is 212 Å². The molecule has 4 aliphatic rings. The number of aliphatic hydroxyl groups excluding tert-OH is 1. The number of carboxylic acid groups (broad SMARTS) is 1. The van der Waals surface area contributed by atoms with Crippen LogP contribution in [0.15, 0.2) is 0 Å². The number of aliphatic hydroxyl groups is 1. The minimum absolute atomic E-state index is 0.0356. The molecule has 0 spiro atoms. The highest BCUT2D eigenvalue weighted by Gasteiger charge is 2.63. The second kappa shape index (κ2) is 9.63. The van der Waals surface area contributed by atoms with Gasteiger partial charge in [-0.2, -0.15) is 0 Å². The summed E-state index contributed by atoms with van der Waals surface area (Å²) in [7, 11) is 6.05. The molecular formula is C29H50NO5+. The molecule has 200 valence electrons. The van der Waals surface area contributed by atoms with Crippen molar-refractivity contribution in [1.29, 1.82) is 0 Å². The van der Waals surface area contributed by atoms with Crippen LogP contribution >= 0.6 is 0 Å². The highest BCUT2D eigenvalue weighted by molar-refractivity contribution is 5.70. The lowest BCUT2D eigenvalue weighted by Gasteiger charge is -2.62. The van der Waals surface area contributed by atoms with Crippen LogP contribution in [0.2, 0.25) is 0 Å². The number of carboxylic acids is 1. The summed E-state index contributed by atoms with van der Waals surface area (Å²) in [5.74, 6) is 2.21. The van der Waals surface area contributed by atoms with Crippen LogP contribution in [-0.4, -0.2) is 66.5 Å². The molecule has 4 fully saturated rings. The van der Waals surface area contributed by atoms with Gasteiger partial charge in [0.25, 0.3) is 0 Å². The number of fused-ring (bicyclic) bond motifs is 5. The largest absolute Gasteiger partial charge is 0.481 e. The van der Waals surface area contributed by atoms with E-state index in [1.807, 2.05) is 21.1 Å². The molecular weight excluding hydrogens is 442 g/mol. The summed E-state index contributed by atoms with van der Waals surface area (Å²) in [6.45, 7) is 7.41. The first kappa shape index (κ1) is 26.9. The van der Waals surface area contributed by atoms with E-state index in [1.165, 1.54) is 19.3 Å². The summed E-state index contributed by atoms with van der Waals surface area (Å²) in [6, 6.07) is 0. The van der Waals surface area contributed by atoms with E-state index in [1.54, 1.807) is 0 Å². The van der Waals surface area contributed by atoms with Crippen molar-refractivity contribution in [3.8, 4) is 0 Å². The minimum atomic E-state index is -0.717. The van der Waals surface area contributed by atoms with E-state index in [-0.39, 0.29) is 35.4 Å². The van der Waals surface area contributed by atoms with Crippen LogP contribution in [0.5, 0.6) is 0 Å². The van der Waals surface area contributed by atoms with Crippen LogP contribution in [0.1, 0.15) is 85.0 Å². The molecule has 0 aromatic rings. The highest BCUT2D eigenvalue weighted by atomic mass is 16.5. The van der Waals surface area contributed by atoms with Gasteiger partial charge in [-0.25, -0.2) is 4.79 Å². The van der Waals surface area contributed by atoms with Crippen molar-refractivity contribution in [1.82, 2.24) is 0 Å². The minimum Gasteiger partial charge on any atom is -0.481 e. The third kappa shape index (κ3) is 5.03. The molecule has 0 aromatic heterocycles. The Morgan fingerprint density at radius 1 is 1.03 bits per heavy atom. The molecule has 0 bridgehead atoms. The molecule has 35 heavy (non-hydrogen) atoms. The zero-order chi connectivity index (χ0) is 25.8. The van der Waals surface area contributed by atoms with Gasteiger partial charge < -0.3 is 19.4 Å². The van der Waals surface area contributed by atoms with Gasteiger partial charge in [-0.1, -0.05) is 20.8 Å². The fourth-order valence-electron chi connectivity index (χ4n) is 9.41. The molecule has 10 atom stereocenters. The first-order chi connectivity index (χ1) is 16.3. The number of ether oxygens (including phenoxy) is 1. The molecule has 0 amide bonds. The Morgan fingerprint density at radius 3 is 2.40 bits per heavy atom. The summed E-state index contributed by atoms with van der Waals surface area (Å²) in [6.07, 6.45) is 9.21. The van der Waals surface area contributed by atoms with Gasteiger partial charge >= 0.3 is 11.9 Å². The van der Waals surface area contributed by atoms with E-state index < -0.39 is 5.97 Å².